The highest BCUT2D eigenvalue weighted by Gasteiger charge is 2.43. The van der Waals surface area contributed by atoms with Gasteiger partial charge in [0.15, 0.2) is 0 Å². The van der Waals surface area contributed by atoms with Crippen molar-refractivity contribution in [3.63, 3.8) is 0 Å². The normalized spacial score (nSPS) is 17.3. The molecule has 1 amide bonds. The van der Waals surface area contributed by atoms with Crippen molar-refractivity contribution < 1.29 is 9.53 Å². The molecule has 2 aromatic carbocycles. The lowest BCUT2D eigenvalue weighted by atomic mass is 9.84. The van der Waals surface area contributed by atoms with Crippen LogP contribution >= 0.6 is 0 Å². The summed E-state index contributed by atoms with van der Waals surface area (Å²) in [5.41, 5.74) is 16.2. The molecule has 2 aromatic heterocycles. The number of pyridine rings is 1. The highest BCUT2D eigenvalue weighted by atomic mass is 16.5. The number of nitrogen functional groups attached to an aromatic ring is 1. The maximum atomic E-state index is 13.0. The predicted molar refractivity (Wildman–Crippen MR) is 133 cm³/mol. The molecule has 6 rings (SSSR count). The average Bonchev–Trinajstić information content (AvgIpc) is 3.51. The first-order valence-electron chi connectivity index (χ1n) is 11.8. The van der Waals surface area contributed by atoms with Crippen LogP contribution in [0.5, 0.6) is 0 Å². The second-order valence-electron chi connectivity index (χ2n) is 9.53. The second kappa shape index (κ2) is 8.06. The van der Waals surface area contributed by atoms with Crippen LogP contribution in [0.25, 0.3) is 0 Å². The maximum Gasteiger partial charge on any atom is 0.251 e. The lowest BCUT2D eigenvalue weighted by Crippen LogP contribution is -2.24. The number of hydrogen-bond donors (Lipinski definition) is 2. The van der Waals surface area contributed by atoms with Crippen molar-refractivity contribution in [2.24, 2.45) is 0 Å². The summed E-state index contributed by atoms with van der Waals surface area (Å²) in [5.74, 6) is 0.376. The Morgan fingerprint density at radius 3 is 2.51 bits per heavy atom. The van der Waals surface area contributed by atoms with Crippen LogP contribution in [0.15, 0.2) is 54.9 Å². The zero-order chi connectivity index (χ0) is 24.3. The molecule has 0 radical (unpaired) electrons. The number of fused-ring (bicyclic) bond motifs is 8. The number of carbonyl (C=O) groups excluding carboxylic acids is 1. The topological polar surface area (TPSA) is 95.1 Å². The van der Waals surface area contributed by atoms with Gasteiger partial charge in [-0.2, -0.15) is 5.10 Å². The minimum Gasteiger partial charge on any atom is -0.384 e. The lowest BCUT2D eigenvalue weighted by molar-refractivity contribution is 0.0857. The minimum absolute atomic E-state index is 0.0748. The van der Waals surface area contributed by atoms with Crippen molar-refractivity contribution in [1.82, 2.24) is 20.1 Å². The van der Waals surface area contributed by atoms with Gasteiger partial charge < -0.3 is 15.8 Å². The quantitative estimate of drug-likeness (QED) is 0.459. The highest BCUT2D eigenvalue weighted by Crippen LogP contribution is 2.54. The largest absolute Gasteiger partial charge is 0.384 e. The zero-order valence-electron chi connectivity index (χ0n) is 20.0. The van der Waals surface area contributed by atoms with Crippen molar-refractivity contribution in [3.8, 4) is 0 Å². The summed E-state index contributed by atoms with van der Waals surface area (Å²) in [6.45, 7) is 7.05. The molecule has 176 valence electrons. The molecular formula is C28H27N5O2. The average molecular weight is 466 g/mol. The number of anilines is 1. The van der Waals surface area contributed by atoms with Crippen LogP contribution in [0.2, 0.25) is 0 Å². The van der Waals surface area contributed by atoms with Gasteiger partial charge in [-0.05, 0) is 83.5 Å². The molecule has 0 saturated carbocycles. The van der Waals surface area contributed by atoms with E-state index in [-0.39, 0.29) is 18.1 Å². The molecule has 4 heterocycles. The molecular weight excluding hydrogens is 438 g/mol. The van der Waals surface area contributed by atoms with Crippen LogP contribution in [0.4, 0.5) is 5.82 Å². The van der Waals surface area contributed by atoms with Gasteiger partial charge in [-0.15, -0.1) is 0 Å². The Labute approximate surface area is 204 Å². The fourth-order valence-corrected chi connectivity index (χ4v) is 5.30. The Hall–Kier alpha value is -3.97. The molecule has 0 aliphatic carbocycles. The smallest absolute Gasteiger partial charge is 0.251 e. The number of rotatable bonds is 5. The van der Waals surface area contributed by atoms with Crippen molar-refractivity contribution in [2.75, 3.05) is 5.73 Å². The number of aryl methyl sites for hydroxylation is 3. The summed E-state index contributed by atoms with van der Waals surface area (Å²) in [6.07, 6.45) is 3.68. The second-order valence-corrected chi connectivity index (χ2v) is 9.53. The van der Waals surface area contributed by atoms with E-state index in [1.807, 2.05) is 62.1 Å². The first kappa shape index (κ1) is 21.6. The summed E-state index contributed by atoms with van der Waals surface area (Å²) in [6, 6.07) is 14.2. The van der Waals surface area contributed by atoms with E-state index in [0.29, 0.717) is 24.5 Å². The Kier molecular flexibility index (Phi) is 4.96. The predicted octanol–water partition coefficient (Wildman–Crippen LogP) is 4.29. The van der Waals surface area contributed by atoms with Crippen LogP contribution < -0.4 is 11.1 Å². The van der Waals surface area contributed by atoms with Gasteiger partial charge in [-0.3, -0.25) is 9.48 Å². The Morgan fingerprint density at radius 1 is 1.03 bits per heavy atom. The number of nitrogens with zero attached hydrogens (tertiary/aromatic N) is 3. The van der Waals surface area contributed by atoms with E-state index < -0.39 is 0 Å². The molecule has 35 heavy (non-hydrogen) atoms. The third-order valence-corrected chi connectivity index (χ3v) is 7.01. The van der Waals surface area contributed by atoms with E-state index in [2.05, 4.69) is 33.6 Å². The third-order valence-electron chi connectivity index (χ3n) is 7.01. The van der Waals surface area contributed by atoms with Gasteiger partial charge in [0.1, 0.15) is 18.0 Å². The van der Waals surface area contributed by atoms with E-state index in [0.717, 1.165) is 33.5 Å². The van der Waals surface area contributed by atoms with Crippen molar-refractivity contribution in [3.05, 3.63) is 111 Å². The van der Waals surface area contributed by atoms with E-state index in [9.17, 15) is 4.79 Å². The maximum absolute atomic E-state index is 13.0. The number of aromatic nitrogens is 3. The number of benzene rings is 2. The van der Waals surface area contributed by atoms with Crippen molar-refractivity contribution in [1.29, 1.82) is 0 Å². The molecule has 7 nitrogen and oxygen atoms in total. The first-order valence-corrected chi connectivity index (χ1v) is 11.8. The molecule has 2 aliphatic heterocycles. The Balaban J connectivity index is 1.22. The SMILES string of the molecule is Cc1cnn(Cc2ccc3c(c2)[C@@H]2O[C@H]3c3ccc(C(=O)NCc4c(C)cc(N)nc4C)cc32)c1. The highest BCUT2D eigenvalue weighted by molar-refractivity contribution is 5.94. The van der Waals surface area contributed by atoms with Gasteiger partial charge in [-0.25, -0.2) is 4.98 Å². The number of ether oxygens (including phenoxy) is 1. The monoisotopic (exact) mass is 465 g/mol. The molecule has 7 heteroatoms. The molecule has 0 saturated heterocycles. The van der Waals surface area contributed by atoms with Crippen LogP contribution in [0.3, 0.4) is 0 Å². The Morgan fingerprint density at radius 2 is 1.77 bits per heavy atom. The minimum atomic E-state index is -0.150. The van der Waals surface area contributed by atoms with E-state index in [4.69, 9.17) is 10.5 Å². The zero-order valence-corrected chi connectivity index (χ0v) is 20.0. The van der Waals surface area contributed by atoms with E-state index in [1.54, 1.807) is 0 Å². The number of hydrogen-bond acceptors (Lipinski definition) is 5. The van der Waals surface area contributed by atoms with Crippen LogP contribution in [-0.4, -0.2) is 20.7 Å². The summed E-state index contributed by atoms with van der Waals surface area (Å²) in [5, 5.41) is 7.44. The van der Waals surface area contributed by atoms with Crippen molar-refractivity contribution >= 4 is 11.7 Å². The van der Waals surface area contributed by atoms with Crippen LogP contribution in [-0.2, 0) is 17.8 Å². The molecule has 0 spiro atoms. The van der Waals surface area contributed by atoms with Gasteiger partial charge >= 0.3 is 0 Å². The van der Waals surface area contributed by atoms with Gasteiger partial charge in [-0.1, -0.05) is 24.3 Å². The number of amides is 1. The van der Waals surface area contributed by atoms with Gasteiger partial charge in [0.2, 0.25) is 0 Å². The van der Waals surface area contributed by atoms with Gasteiger partial charge in [0, 0.05) is 24.0 Å². The first-order chi connectivity index (χ1) is 16.9. The molecule has 4 aromatic rings. The molecule has 2 bridgehead atoms. The van der Waals surface area contributed by atoms with E-state index in [1.165, 1.54) is 16.7 Å². The lowest BCUT2D eigenvalue weighted by Gasteiger charge is -2.18. The molecule has 2 atom stereocenters. The van der Waals surface area contributed by atoms with E-state index >= 15 is 0 Å². The summed E-state index contributed by atoms with van der Waals surface area (Å²) < 4.78 is 8.30. The molecule has 0 unspecified atom stereocenters. The van der Waals surface area contributed by atoms with Gasteiger partial charge in [0.05, 0.1) is 12.7 Å². The summed E-state index contributed by atoms with van der Waals surface area (Å²) >= 11 is 0. The number of nitrogens with one attached hydrogen (secondary N) is 1. The third kappa shape index (κ3) is 3.68. The number of carbonyl (C=O) groups is 1. The molecule has 3 N–H and O–H groups in total. The van der Waals surface area contributed by atoms with Gasteiger partial charge in [0.25, 0.3) is 5.91 Å². The molecule has 2 aliphatic rings. The number of nitrogens with two attached hydrogens (primary N) is 1. The Bertz CT molecular complexity index is 1470. The summed E-state index contributed by atoms with van der Waals surface area (Å²) in [4.78, 5) is 17.3. The molecule has 0 fully saturated rings. The van der Waals surface area contributed by atoms with Crippen molar-refractivity contribution in [2.45, 2.75) is 46.1 Å². The van der Waals surface area contributed by atoms with Crippen LogP contribution in [0.1, 0.15) is 72.8 Å². The fourth-order valence-electron chi connectivity index (χ4n) is 5.30. The van der Waals surface area contributed by atoms with Crippen LogP contribution in [0, 0.1) is 20.8 Å². The standard InChI is InChI=1S/C28H27N5O2/c1-15-11-31-33(13-15)14-18-4-6-20-22(9-18)27-23-10-19(5-7-21(23)26(20)35-27)28(34)30-12-24-16(2)8-25(29)32-17(24)3/h4-11,13,26-27H,12,14H2,1-3H3,(H2,29,32)(H,30,34)/t26-,27+/m1/s1. The summed E-state index contributed by atoms with van der Waals surface area (Å²) in [7, 11) is 0. The fraction of sp³-hybridized carbons (Fsp3) is 0.250.